The van der Waals surface area contributed by atoms with Crippen molar-refractivity contribution in [2.24, 2.45) is 5.16 Å². The van der Waals surface area contributed by atoms with Crippen LogP contribution in [0.5, 0.6) is 0 Å². The van der Waals surface area contributed by atoms with Gasteiger partial charge in [0, 0.05) is 24.8 Å². The maximum Gasteiger partial charge on any atom is 0.128 e. The van der Waals surface area contributed by atoms with Crippen LogP contribution in [0.1, 0.15) is 37.8 Å². The van der Waals surface area contributed by atoms with Gasteiger partial charge in [0.05, 0.1) is 6.21 Å². The topological polar surface area (TPSA) is 48.7 Å². The van der Waals surface area contributed by atoms with E-state index in [9.17, 15) is 0 Å². The van der Waals surface area contributed by atoms with Gasteiger partial charge >= 0.3 is 0 Å². The Morgan fingerprint density at radius 2 is 2.00 bits per heavy atom. The molecule has 4 nitrogen and oxygen atoms in total. The van der Waals surface area contributed by atoms with Crippen LogP contribution in [0.3, 0.4) is 0 Å². The smallest absolute Gasteiger partial charge is 0.128 e. The van der Waals surface area contributed by atoms with Crippen molar-refractivity contribution in [1.82, 2.24) is 4.98 Å². The Morgan fingerprint density at radius 3 is 2.47 bits per heavy atom. The van der Waals surface area contributed by atoms with Crippen LogP contribution in [0.15, 0.2) is 17.4 Å². The van der Waals surface area contributed by atoms with Gasteiger partial charge < -0.3 is 10.1 Å². The van der Waals surface area contributed by atoms with Crippen LogP contribution in [0.2, 0.25) is 0 Å². The second-order valence-corrected chi connectivity index (χ2v) is 4.13. The lowest BCUT2D eigenvalue weighted by molar-refractivity contribution is 0.322. The van der Waals surface area contributed by atoms with Crippen LogP contribution in [-0.4, -0.2) is 29.5 Å². The molecular formula is C13H21N3O. The molecule has 0 aliphatic carbocycles. The van der Waals surface area contributed by atoms with E-state index in [-0.39, 0.29) is 0 Å². The minimum Gasteiger partial charge on any atom is -0.411 e. The number of anilines is 1. The molecule has 0 radical (unpaired) electrons. The van der Waals surface area contributed by atoms with E-state index in [1.54, 1.807) is 6.20 Å². The Labute approximate surface area is 103 Å². The molecule has 1 aromatic heterocycles. The Balaban J connectivity index is 2.92. The second kappa shape index (κ2) is 6.89. The molecule has 0 fully saturated rings. The molecule has 1 heterocycles. The van der Waals surface area contributed by atoms with Crippen LogP contribution < -0.4 is 4.90 Å². The Hall–Kier alpha value is -1.58. The molecule has 0 bridgehead atoms. The summed E-state index contributed by atoms with van der Waals surface area (Å²) in [5.41, 5.74) is 1.93. The highest BCUT2D eigenvalue weighted by Crippen LogP contribution is 2.15. The van der Waals surface area contributed by atoms with E-state index < -0.39 is 0 Å². The molecule has 0 saturated heterocycles. The van der Waals surface area contributed by atoms with E-state index >= 15 is 0 Å². The first-order valence-corrected chi connectivity index (χ1v) is 6.11. The van der Waals surface area contributed by atoms with Gasteiger partial charge in [0.1, 0.15) is 5.82 Å². The van der Waals surface area contributed by atoms with Gasteiger partial charge in [0.2, 0.25) is 0 Å². The van der Waals surface area contributed by atoms with Gasteiger partial charge in [0.25, 0.3) is 0 Å². The van der Waals surface area contributed by atoms with Crippen LogP contribution in [0.4, 0.5) is 5.82 Å². The molecule has 4 heteroatoms. The summed E-state index contributed by atoms with van der Waals surface area (Å²) in [6, 6.07) is 2.04. The summed E-state index contributed by atoms with van der Waals surface area (Å²) in [5.74, 6) is 1.00. The van der Waals surface area contributed by atoms with Crippen molar-refractivity contribution in [3.8, 4) is 0 Å². The summed E-state index contributed by atoms with van der Waals surface area (Å²) >= 11 is 0. The van der Waals surface area contributed by atoms with Crippen LogP contribution in [-0.2, 0) is 0 Å². The first-order chi connectivity index (χ1) is 8.22. The highest BCUT2D eigenvalue weighted by Gasteiger charge is 2.07. The first-order valence-electron chi connectivity index (χ1n) is 6.11. The number of pyridine rings is 1. The lowest BCUT2D eigenvalue weighted by Gasteiger charge is -2.23. The summed E-state index contributed by atoms with van der Waals surface area (Å²) in [5, 5.41) is 11.6. The average Bonchev–Trinajstić information content (AvgIpc) is 2.32. The van der Waals surface area contributed by atoms with Crippen molar-refractivity contribution >= 4 is 12.0 Å². The van der Waals surface area contributed by atoms with Crippen LogP contribution in [0.25, 0.3) is 0 Å². The van der Waals surface area contributed by atoms with Crippen LogP contribution in [0, 0.1) is 6.92 Å². The number of aromatic nitrogens is 1. The number of rotatable bonds is 6. The van der Waals surface area contributed by atoms with Gasteiger partial charge in [-0.1, -0.05) is 19.0 Å². The predicted molar refractivity (Wildman–Crippen MR) is 71.1 cm³/mol. The van der Waals surface area contributed by atoms with Crippen molar-refractivity contribution in [3.05, 3.63) is 23.4 Å². The Morgan fingerprint density at radius 1 is 1.35 bits per heavy atom. The fourth-order valence-corrected chi connectivity index (χ4v) is 1.80. The molecule has 0 aromatic carbocycles. The van der Waals surface area contributed by atoms with E-state index in [1.807, 2.05) is 13.0 Å². The largest absolute Gasteiger partial charge is 0.411 e. The monoisotopic (exact) mass is 235 g/mol. The maximum atomic E-state index is 8.52. The molecule has 17 heavy (non-hydrogen) atoms. The van der Waals surface area contributed by atoms with Crippen molar-refractivity contribution in [3.63, 3.8) is 0 Å². The third-order valence-corrected chi connectivity index (χ3v) is 2.64. The standard InChI is InChI=1S/C13H21N3O/c1-4-6-16(7-5-2)13-8-11(3)12(9-14-13)10-15-17/h8-10,17H,4-7H2,1-3H3/b15-10-. The SMILES string of the molecule is CCCN(CCC)c1cc(C)c(/C=N\O)cn1. The lowest BCUT2D eigenvalue weighted by Crippen LogP contribution is -2.26. The molecule has 0 spiro atoms. The number of oxime groups is 1. The predicted octanol–water partition coefficient (Wildman–Crippen LogP) is 2.82. The zero-order valence-electron chi connectivity index (χ0n) is 10.8. The molecule has 1 rings (SSSR count). The summed E-state index contributed by atoms with van der Waals surface area (Å²) in [6.07, 6.45) is 5.39. The van der Waals surface area contributed by atoms with E-state index in [2.05, 4.69) is 28.9 Å². The van der Waals surface area contributed by atoms with E-state index in [0.717, 1.165) is 42.9 Å². The Kier molecular flexibility index (Phi) is 5.46. The third-order valence-electron chi connectivity index (χ3n) is 2.64. The zero-order valence-corrected chi connectivity index (χ0v) is 10.8. The molecule has 0 unspecified atom stereocenters. The summed E-state index contributed by atoms with van der Waals surface area (Å²) < 4.78 is 0. The minimum atomic E-state index is 0.851. The van der Waals surface area contributed by atoms with Crippen LogP contribution >= 0.6 is 0 Å². The van der Waals surface area contributed by atoms with Crippen molar-refractivity contribution < 1.29 is 5.21 Å². The molecule has 0 amide bonds. The van der Waals surface area contributed by atoms with Gasteiger partial charge in [-0.05, 0) is 31.4 Å². The normalized spacial score (nSPS) is 11.0. The summed E-state index contributed by atoms with van der Waals surface area (Å²) in [7, 11) is 0. The highest BCUT2D eigenvalue weighted by atomic mass is 16.4. The number of hydrogen-bond acceptors (Lipinski definition) is 4. The quantitative estimate of drug-likeness (QED) is 0.468. The highest BCUT2D eigenvalue weighted by molar-refractivity contribution is 5.81. The van der Waals surface area contributed by atoms with E-state index in [4.69, 9.17) is 5.21 Å². The fourth-order valence-electron chi connectivity index (χ4n) is 1.80. The van der Waals surface area contributed by atoms with E-state index in [0.29, 0.717) is 0 Å². The minimum absolute atomic E-state index is 0.851. The second-order valence-electron chi connectivity index (χ2n) is 4.13. The number of hydrogen-bond donors (Lipinski definition) is 1. The Bertz CT molecular complexity index is 371. The van der Waals surface area contributed by atoms with Gasteiger partial charge in [-0.2, -0.15) is 0 Å². The fraction of sp³-hybridized carbons (Fsp3) is 0.538. The molecule has 0 atom stereocenters. The molecular weight excluding hydrogens is 214 g/mol. The zero-order chi connectivity index (χ0) is 12.7. The van der Waals surface area contributed by atoms with Gasteiger partial charge in [0.15, 0.2) is 0 Å². The van der Waals surface area contributed by atoms with E-state index in [1.165, 1.54) is 6.21 Å². The first kappa shape index (κ1) is 13.5. The molecule has 0 aliphatic rings. The molecule has 1 N–H and O–H groups in total. The van der Waals surface area contributed by atoms with Crippen molar-refractivity contribution in [2.45, 2.75) is 33.6 Å². The molecule has 0 aliphatic heterocycles. The molecule has 1 aromatic rings. The van der Waals surface area contributed by atoms with Gasteiger partial charge in [-0.25, -0.2) is 4.98 Å². The number of aryl methyl sites for hydroxylation is 1. The number of nitrogens with zero attached hydrogens (tertiary/aromatic N) is 3. The van der Waals surface area contributed by atoms with Gasteiger partial charge in [-0.3, -0.25) is 0 Å². The summed E-state index contributed by atoms with van der Waals surface area (Å²) in [4.78, 5) is 6.70. The third kappa shape index (κ3) is 3.73. The van der Waals surface area contributed by atoms with Gasteiger partial charge in [-0.15, -0.1) is 0 Å². The maximum absolute atomic E-state index is 8.52. The summed E-state index contributed by atoms with van der Waals surface area (Å²) in [6.45, 7) is 8.38. The lowest BCUT2D eigenvalue weighted by atomic mass is 10.1. The van der Waals surface area contributed by atoms with Crippen molar-refractivity contribution in [1.29, 1.82) is 0 Å². The molecule has 94 valence electrons. The molecule has 0 saturated carbocycles. The average molecular weight is 235 g/mol. The van der Waals surface area contributed by atoms with Crippen molar-refractivity contribution in [2.75, 3.05) is 18.0 Å².